The SMILES string of the molecule is O=c1[nH]c(-c2ccncc2)nc2c1CN(Cc1cc3ccccc3nc1Cl)CC2. The molecule has 0 atom stereocenters. The zero-order valence-corrected chi connectivity index (χ0v) is 16.4. The topological polar surface area (TPSA) is 74.8 Å². The molecule has 144 valence electrons. The maximum absolute atomic E-state index is 12.7. The molecule has 0 radical (unpaired) electrons. The van der Waals surface area contributed by atoms with Crippen LogP contribution in [0.15, 0.2) is 59.7 Å². The third-order valence-electron chi connectivity index (χ3n) is 5.25. The highest BCUT2D eigenvalue weighted by atomic mass is 35.5. The van der Waals surface area contributed by atoms with Gasteiger partial charge in [-0.3, -0.25) is 14.7 Å². The highest BCUT2D eigenvalue weighted by Gasteiger charge is 2.22. The molecule has 1 aliphatic heterocycles. The van der Waals surface area contributed by atoms with Gasteiger partial charge in [0.25, 0.3) is 5.56 Å². The number of nitrogens with one attached hydrogen (secondary N) is 1. The van der Waals surface area contributed by atoms with Crippen molar-refractivity contribution in [1.29, 1.82) is 0 Å². The molecule has 4 aromatic rings. The summed E-state index contributed by atoms with van der Waals surface area (Å²) in [5.41, 5.74) is 4.20. The number of pyridine rings is 2. The van der Waals surface area contributed by atoms with Gasteiger partial charge in [0.05, 0.1) is 16.8 Å². The van der Waals surface area contributed by atoms with Crippen molar-refractivity contribution in [3.63, 3.8) is 0 Å². The van der Waals surface area contributed by atoms with Crippen molar-refractivity contribution in [3.8, 4) is 11.4 Å². The van der Waals surface area contributed by atoms with Crippen LogP contribution >= 0.6 is 11.6 Å². The number of aromatic nitrogens is 4. The van der Waals surface area contributed by atoms with Gasteiger partial charge in [-0.05, 0) is 24.3 Å². The zero-order chi connectivity index (χ0) is 19.8. The summed E-state index contributed by atoms with van der Waals surface area (Å²) in [4.78, 5) is 31.1. The van der Waals surface area contributed by atoms with Crippen LogP contribution in [0.4, 0.5) is 0 Å². The van der Waals surface area contributed by atoms with E-state index in [-0.39, 0.29) is 5.56 Å². The van der Waals surface area contributed by atoms with E-state index < -0.39 is 0 Å². The van der Waals surface area contributed by atoms with Crippen LogP contribution in [0.1, 0.15) is 16.8 Å². The van der Waals surface area contributed by atoms with E-state index in [0.717, 1.165) is 46.3 Å². The fraction of sp³-hybridized carbons (Fsp3) is 0.182. The van der Waals surface area contributed by atoms with Crippen molar-refractivity contribution >= 4 is 22.5 Å². The Morgan fingerprint density at radius 1 is 1.10 bits per heavy atom. The van der Waals surface area contributed by atoms with Gasteiger partial charge < -0.3 is 4.98 Å². The second kappa shape index (κ2) is 7.39. The summed E-state index contributed by atoms with van der Waals surface area (Å²) in [6.07, 6.45) is 4.10. The Morgan fingerprint density at radius 2 is 1.93 bits per heavy atom. The van der Waals surface area contributed by atoms with Gasteiger partial charge in [0.1, 0.15) is 11.0 Å². The average molecular weight is 404 g/mol. The molecule has 1 aliphatic rings. The van der Waals surface area contributed by atoms with Gasteiger partial charge in [-0.2, -0.15) is 0 Å². The molecular formula is C22H18ClN5O. The molecular weight excluding hydrogens is 386 g/mol. The predicted octanol–water partition coefficient (Wildman–Crippen LogP) is 3.59. The normalized spacial score (nSPS) is 14.1. The van der Waals surface area contributed by atoms with Crippen molar-refractivity contribution in [2.75, 3.05) is 6.54 Å². The summed E-state index contributed by atoms with van der Waals surface area (Å²) < 4.78 is 0. The number of nitrogens with zero attached hydrogens (tertiary/aromatic N) is 4. The first-order chi connectivity index (χ1) is 14.2. The van der Waals surface area contributed by atoms with Crippen LogP contribution in [-0.4, -0.2) is 31.4 Å². The van der Waals surface area contributed by atoms with Crippen LogP contribution in [0.2, 0.25) is 5.15 Å². The van der Waals surface area contributed by atoms with E-state index in [2.05, 4.69) is 25.9 Å². The fourth-order valence-corrected chi connectivity index (χ4v) is 3.96. The molecule has 0 spiro atoms. The Hall–Kier alpha value is -3.09. The van der Waals surface area contributed by atoms with Crippen LogP contribution in [0, 0.1) is 0 Å². The van der Waals surface area contributed by atoms with Crippen molar-refractivity contribution in [2.45, 2.75) is 19.5 Å². The third-order valence-corrected chi connectivity index (χ3v) is 5.57. The van der Waals surface area contributed by atoms with E-state index in [1.54, 1.807) is 12.4 Å². The number of fused-ring (bicyclic) bond motifs is 2. The molecule has 0 aliphatic carbocycles. The second-order valence-electron chi connectivity index (χ2n) is 7.17. The number of rotatable bonds is 3. The van der Waals surface area contributed by atoms with Crippen LogP contribution in [0.5, 0.6) is 0 Å². The van der Waals surface area contributed by atoms with E-state index in [0.29, 0.717) is 24.1 Å². The maximum atomic E-state index is 12.7. The monoisotopic (exact) mass is 403 g/mol. The lowest BCUT2D eigenvalue weighted by atomic mass is 10.1. The Kier molecular flexibility index (Phi) is 4.58. The molecule has 0 amide bonds. The summed E-state index contributed by atoms with van der Waals surface area (Å²) in [7, 11) is 0. The van der Waals surface area contributed by atoms with Crippen molar-refractivity contribution in [1.82, 2.24) is 24.8 Å². The summed E-state index contributed by atoms with van der Waals surface area (Å²) in [6.45, 7) is 1.99. The molecule has 0 unspecified atom stereocenters. The Bertz CT molecular complexity index is 1260. The van der Waals surface area contributed by atoms with Crippen LogP contribution in [0.25, 0.3) is 22.3 Å². The third kappa shape index (κ3) is 3.52. The van der Waals surface area contributed by atoms with Crippen molar-refractivity contribution < 1.29 is 0 Å². The van der Waals surface area contributed by atoms with Gasteiger partial charge in [0, 0.05) is 55.0 Å². The Labute approximate surface area is 172 Å². The van der Waals surface area contributed by atoms with E-state index in [9.17, 15) is 4.79 Å². The zero-order valence-electron chi connectivity index (χ0n) is 15.6. The van der Waals surface area contributed by atoms with E-state index in [1.165, 1.54) is 0 Å². The molecule has 0 saturated carbocycles. The minimum atomic E-state index is -0.0887. The lowest BCUT2D eigenvalue weighted by Gasteiger charge is -2.28. The lowest BCUT2D eigenvalue weighted by molar-refractivity contribution is 0.242. The van der Waals surface area contributed by atoms with Crippen molar-refractivity contribution in [3.05, 3.63) is 87.2 Å². The van der Waals surface area contributed by atoms with Crippen molar-refractivity contribution in [2.24, 2.45) is 0 Å². The van der Waals surface area contributed by atoms with Gasteiger partial charge in [0.2, 0.25) is 0 Å². The number of hydrogen-bond donors (Lipinski definition) is 1. The van der Waals surface area contributed by atoms with E-state index in [4.69, 9.17) is 16.6 Å². The molecule has 7 heteroatoms. The Balaban J connectivity index is 1.42. The molecule has 0 saturated heterocycles. The number of aromatic amines is 1. The number of para-hydroxylation sites is 1. The standard InChI is InChI=1S/C22H18ClN5O/c23-20-16(11-15-3-1-2-4-18(15)25-20)12-28-10-7-19-17(13-28)22(29)27-21(26-19)14-5-8-24-9-6-14/h1-6,8-9,11H,7,10,12-13H2,(H,26,27,29). The number of hydrogen-bond acceptors (Lipinski definition) is 5. The quantitative estimate of drug-likeness (QED) is 0.529. The van der Waals surface area contributed by atoms with Gasteiger partial charge in [-0.15, -0.1) is 0 Å². The van der Waals surface area contributed by atoms with E-state index in [1.807, 2.05) is 36.4 Å². The summed E-state index contributed by atoms with van der Waals surface area (Å²) >= 11 is 6.42. The number of benzene rings is 1. The first-order valence-electron chi connectivity index (χ1n) is 9.46. The average Bonchev–Trinajstić information content (AvgIpc) is 2.75. The van der Waals surface area contributed by atoms with Crippen LogP contribution in [0.3, 0.4) is 0 Å². The molecule has 0 fully saturated rings. The first kappa shape index (κ1) is 18.0. The summed E-state index contributed by atoms with van der Waals surface area (Å²) in [5, 5.41) is 1.57. The summed E-state index contributed by atoms with van der Waals surface area (Å²) in [5.74, 6) is 0.589. The maximum Gasteiger partial charge on any atom is 0.255 e. The van der Waals surface area contributed by atoms with Gasteiger partial charge in [-0.1, -0.05) is 29.8 Å². The highest BCUT2D eigenvalue weighted by molar-refractivity contribution is 6.30. The molecule has 0 bridgehead atoms. The van der Waals surface area contributed by atoms with Gasteiger partial charge >= 0.3 is 0 Å². The van der Waals surface area contributed by atoms with Crippen LogP contribution < -0.4 is 5.56 Å². The predicted molar refractivity (Wildman–Crippen MR) is 113 cm³/mol. The first-order valence-corrected chi connectivity index (χ1v) is 9.84. The molecule has 1 aromatic carbocycles. The lowest BCUT2D eigenvalue weighted by Crippen LogP contribution is -2.35. The fourth-order valence-electron chi connectivity index (χ4n) is 3.75. The van der Waals surface area contributed by atoms with Gasteiger partial charge in [0.15, 0.2) is 0 Å². The molecule has 1 N–H and O–H groups in total. The van der Waals surface area contributed by atoms with Crippen LogP contribution in [-0.2, 0) is 19.5 Å². The Morgan fingerprint density at radius 3 is 2.79 bits per heavy atom. The molecule has 3 aromatic heterocycles. The highest BCUT2D eigenvalue weighted by Crippen LogP contribution is 2.24. The van der Waals surface area contributed by atoms with Gasteiger partial charge in [-0.25, -0.2) is 9.97 Å². The smallest absolute Gasteiger partial charge is 0.255 e. The number of halogens is 1. The molecule has 4 heterocycles. The van der Waals surface area contributed by atoms with E-state index >= 15 is 0 Å². The second-order valence-corrected chi connectivity index (χ2v) is 7.53. The molecule has 29 heavy (non-hydrogen) atoms. The summed E-state index contributed by atoms with van der Waals surface area (Å²) in [6, 6.07) is 13.7. The number of H-pyrrole nitrogens is 1. The minimum absolute atomic E-state index is 0.0887. The largest absolute Gasteiger partial charge is 0.306 e. The molecule has 6 nitrogen and oxygen atoms in total. The minimum Gasteiger partial charge on any atom is -0.306 e. The molecule has 5 rings (SSSR count).